The van der Waals surface area contributed by atoms with Gasteiger partial charge in [0.25, 0.3) is 5.97 Å². The second kappa shape index (κ2) is 5.83. The van der Waals surface area contributed by atoms with Crippen molar-refractivity contribution in [2.45, 2.75) is 71.6 Å². The van der Waals surface area contributed by atoms with Gasteiger partial charge in [0.1, 0.15) is 0 Å². The lowest BCUT2D eigenvalue weighted by atomic mass is 10.00. The molecule has 0 aromatic rings. The van der Waals surface area contributed by atoms with E-state index in [1.54, 1.807) is 0 Å². The Balaban J connectivity index is 4.75. The summed E-state index contributed by atoms with van der Waals surface area (Å²) in [5, 5.41) is 9.06. The van der Waals surface area contributed by atoms with E-state index in [1.807, 2.05) is 48.5 Å². The fourth-order valence-corrected chi connectivity index (χ4v) is 1.58. The number of methoxy groups -OCH3 is 1. The highest BCUT2D eigenvalue weighted by molar-refractivity contribution is 5.80. The summed E-state index contributed by atoms with van der Waals surface area (Å²) >= 11 is 0. The molecule has 0 aliphatic rings. The third-order valence-electron chi connectivity index (χ3n) is 2.02. The van der Waals surface area contributed by atoms with Crippen LogP contribution in [0, 0.1) is 0 Å². The molecule has 0 aromatic carbocycles. The number of ether oxygens (including phenoxy) is 1. The maximum absolute atomic E-state index is 11.7. The van der Waals surface area contributed by atoms with Crippen LogP contribution in [0.1, 0.15) is 48.5 Å². The van der Waals surface area contributed by atoms with Crippen LogP contribution >= 0.6 is 0 Å². The second-order valence-corrected chi connectivity index (χ2v) is 6.31. The third-order valence-corrected chi connectivity index (χ3v) is 2.02. The Labute approximate surface area is 105 Å². The largest absolute Gasteiger partial charge is 0.656 e. The van der Waals surface area contributed by atoms with Crippen molar-refractivity contribution in [2.75, 3.05) is 7.11 Å². The van der Waals surface area contributed by atoms with E-state index in [1.165, 1.54) is 7.11 Å². The van der Waals surface area contributed by atoms with Crippen LogP contribution < -0.4 is 0 Å². The summed E-state index contributed by atoms with van der Waals surface area (Å²) in [5.74, 6) is -0.319. The summed E-state index contributed by atoms with van der Waals surface area (Å²) in [6.45, 7) is 13.8. The van der Waals surface area contributed by atoms with Gasteiger partial charge in [0, 0.05) is 0 Å². The van der Waals surface area contributed by atoms with Crippen molar-refractivity contribution < 1.29 is 9.53 Å². The minimum Gasteiger partial charge on any atom is -0.656 e. The van der Waals surface area contributed by atoms with Crippen molar-refractivity contribution in [1.82, 2.24) is 0 Å². The van der Waals surface area contributed by atoms with Gasteiger partial charge in [-0.05, 0) is 0 Å². The average Bonchev–Trinajstić information content (AvgIpc) is 2.08. The molecular formula is C13H26N2O2-2. The van der Waals surface area contributed by atoms with E-state index < -0.39 is 6.04 Å². The Bertz CT molecular complexity index is 251. The molecule has 2 atom stereocenters. The predicted octanol–water partition coefficient (Wildman–Crippen LogP) is 3.26. The van der Waals surface area contributed by atoms with E-state index in [4.69, 9.17) is 4.74 Å². The van der Waals surface area contributed by atoms with Crippen LogP contribution in [-0.4, -0.2) is 36.2 Å². The smallest absolute Gasteiger partial charge is 0.286 e. The molecule has 4 heteroatoms. The van der Waals surface area contributed by atoms with Gasteiger partial charge >= 0.3 is 0 Å². The molecular weight excluding hydrogens is 216 g/mol. The molecule has 0 unspecified atom stereocenters. The van der Waals surface area contributed by atoms with Crippen LogP contribution in [0.15, 0.2) is 0 Å². The van der Waals surface area contributed by atoms with Gasteiger partial charge in [-0.2, -0.15) is 0 Å². The molecule has 0 amide bonds. The molecule has 0 bridgehead atoms. The van der Waals surface area contributed by atoms with Crippen molar-refractivity contribution in [3.63, 3.8) is 0 Å². The zero-order valence-electron chi connectivity index (χ0n) is 12.4. The van der Waals surface area contributed by atoms with E-state index in [-0.39, 0.29) is 23.1 Å². The third kappa shape index (κ3) is 7.34. The van der Waals surface area contributed by atoms with Crippen LogP contribution in [0.4, 0.5) is 0 Å². The van der Waals surface area contributed by atoms with Crippen LogP contribution in [-0.2, 0) is 9.53 Å². The molecule has 0 aromatic heterocycles. The number of nitrogens with zero attached hydrogens (tertiary/aromatic N) is 2. The van der Waals surface area contributed by atoms with Gasteiger partial charge in [0.15, 0.2) is 0 Å². The Kier molecular flexibility index (Phi) is 5.62. The molecule has 17 heavy (non-hydrogen) atoms. The normalized spacial score (nSPS) is 16.5. The fraction of sp³-hybridized carbons (Fsp3) is 0.923. The van der Waals surface area contributed by atoms with E-state index >= 15 is 0 Å². The summed E-state index contributed by atoms with van der Waals surface area (Å²) in [5.41, 5.74) is -0.459. The molecule has 0 aliphatic carbocycles. The number of hydrogen-bond donors (Lipinski definition) is 0. The van der Waals surface area contributed by atoms with E-state index in [0.717, 1.165) is 0 Å². The Morgan fingerprint density at radius 3 is 1.71 bits per heavy atom. The first-order chi connectivity index (χ1) is 7.46. The first-order valence-corrected chi connectivity index (χ1v) is 5.98. The molecule has 0 fully saturated rings. The van der Waals surface area contributed by atoms with Crippen LogP contribution in [0.2, 0.25) is 0 Å². The lowest BCUT2D eigenvalue weighted by molar-refractivity contribution is -0.141. The molecule has 0 spiro atoms. The maximum atomic E-state index is 11.7. The lowest BCUT2D eigenvalue weighted by Crippen LogP contribution is -2.39. The Morgan fingerprint density at radius 1 is 1.00 bits per heavy atom. The first kappa shape index (κ1) is 16.4. The number of rotatable bonds is 4. The van der Waals surface area contributed by atoms with Crippen molar-refractivity contribution in [3.05, 3.63) is 10.6 Å². The first-order valence-electron chi connectivity index (χ1n) is 5.98. The zero-order valence-corrected chi connectivity index (χ0v) is 12.4. The Hall–Kier alpha value is -0.610. The number of carbonyl (C=O) groups excluding carboxylic acids is 1. The highest BCUT2D eigenvalue weighted by Crippen LogP contribution is 2.28. The van der Waals surface area contributed by atoms with Gasteiger partial charge in [0.05, 0.1) is 7.11 Å². The van der Waals surface area contributed by atoms with Crippen molar-refractivity contribution in [1.29, 1.82) is 0 Å². The fourth-order valence-electron chi connectivity index (χ4n) is 1.58. The number of esters is 1. The summed E-state index contributed by atoms with van der Waals surface area (Å²) in [4.78, 5) is 11.7. The average molecular weight is 242 g/mol. The zero-order chi connectivity index (χ0) is 13.9. The van der Waals surface area contributed by atoms with E-state index in [2.05, 4.69) is 10.6 Å². The summed E-state index contributed by atoms with van der Waals surface area (Å²) < 4.78 is 4.80. The van der Waals surface area contributed by atoms with Crippen LogP contribution in [0.3, 0.4) is 0 Å². The van der Waals surface area contributed by atoms with Gasteiger partial charge in [-0.3, -0.25) is 4.79 Å². The number of carbonyl (C=O) groups is 1. The highest BCUT2D eigenvalue weighted by atomic mass is 16.5. The molecule has 0 rings (SSSR count). The molecule has 0 radical (unpaired) electrons. The summed E-state index contributed by atoms with van der Waals surface area (Å²) in [6.07, 6.45) is 0. The van der Waals surface area contributed by atoms with Crippen LogP contribution in [0.5, 0.6) is 0 Å². The molecule has 102 valence electrons. The minimum absolute atomic E-state index is 0.179. The SMILES string of the molecule is COC(=O)[C@@H]([N-]C(C)(C)C)[C@@H](C)[N-]C(C)(C)C. The van der Waals surface area contributed by atoms with Crippen molar-refractivity contribution >= 4 is 5.97 Å². The molecule has 0 aliphatic heterocycles. The number of hydrogen-bond acceptors (Lipinski definition) is 2. The van der Waals surface area contributed by atoms with Gasteiger partial charge in [0.2, 0.25) is 0 Å². The topological polar surface area (TPSA) is 54.5 Å². The van der Waals surface area contributed by atoms with E-state index in [9.17, 15) is 4.79 Å². The molecule has 0 saturated carbocycles. The van der Waals surface area contributed by atoms with E-state index in [0.29, 0.717) is 0 Å². The molecule has 0 saturated heterocycles. The van der Waals surface area contributed by atoms with Gasteiger partial charge in [-0.1, -0.05) is 54.5 Å². The molecule has 4 nitrogen and oxygen atoms in total. The highest BCUT2D eigenvalue weighted by Gasteiger charge is 2.16. The maximum Gasteiger partial charge on any atom is 0.286 e. The standard InChI is InChI=1S/C13H26N2O2/c1-9(14-12(2,3)4)10(11(16)17-8)15-13(5,6)7/h9-10H,1-8H3/q-2/t9-,10+/m1/s1. The van der Waals surface area contributed by atoms with Crippen molar-refractivity contribution in [2.24, 2.45) is 0 Å². The summed E-state index contributed by atoms with van der Waals surface area (Å²) in [6, 6.07) is -0.708. The van der Waals surface area contributed by atoms with Crippen LogP contribution in [0.25, 0.3) is 10.6 Å². The van der Waals surface area contributed by atoms with Gasteiger partial charge in [-0.25, -0.2) is 0 Å². The minimum atomic E-state index is -0.528. The van der Waals surface area contributed by atoms with Crippen molar-refractivity contribution in [3.8, 4) is 0 Å². The lowest BCUT2D eigenvalue weighted by Gasteiger charge is -2.53. The Morgan fingerprint density at radius 2 is 1.41 bits per heavy atom. The summed E-state index contributed by atoms with van der Waals surface area (Å²) in [7, 11) is 1.39. The molecule has 0 N–H and O–H groups in total. The van der Waals surface area contributed by atoms with Gasteiger partial charge < -0.3 is 15.4 Å². The quantitative estimate of drug-likeness (QED) is 0.710. The van der Waals surface area contributed by atoms with Gasteiger partial charge in [-0.15, -0.1) is 17.1 Å². The predicted molar refractivity (Wildman–Crippen MR) is 71.5 cm³/mol. The monoisotopic (exact) mass is 242 g/mol. The molecule has 0 heterocycles. The second-order valence-electron chi connectivity index (χ2n) is 6.31.